The van der Waals surface area contributed by atoms with Gasteiger partial charge in [0.1, 0.15) is 0 Å². The third kappa shape index (κ3) is 4.14. The lowest BCUT2D eigenvalue weighted by Gasteiger charge is -2.40. The Hall–Kier alpha value is 0.790. The van der Waals surface area contributed by atoms with Gasteiger partial charge in [0.05, 0.1) is 0 Å². The van der Waals surface area contributed by atoms with E-state index in [1.807, 2.05) is 0 Å². The molecule has 2 rings (SSSR count). The second-order valence-electron chi connectivity index (χ2n) is 6.83. The molecular formula is C15H28BrNS. The van der Waals surface area contributed by atoms with E-state index >= 15 is 0 Å². The Morgan fingerprint density at radius 2 is 1.78 bits per heavy atom. The van der Waals surface area contributed by atoms with Crippen LogP contribution < -0.4 is 0 Å². The molecule has 1 aliphatic heterocycles. The van der Waals surface area contributed by atoms with E-state index < -0.39 is 0 Å². The first-order valence-corrected chi connectivity index (χ1v) is 9.58. The summed E-state index contributed by atoms with van der Waals surface area (Å²) in [4.78, 5) is 2.74. The Morgan fingerprint density at radius 3 is 2.44 bits per heavy atom. The first kappa shape index (κ1) is 15.2. The molecule has 18 heavy (non-hydrogen) atoms. The molecule has 0 atom stereocenters. The van der Waals surface area contributed by atoms with Crippen LogP contribution in [0.25, 0.3) is 0 Å². The minimum atomic E-state index is 0.489. The van der Waals surface area contributed by atoms with Crippen molar-refractivity contribution in [2.45, 2.75) is 57.1 Å². The summed E-state index contributed by atoms with van der Waals surface area (Å²) in [5.74, 6) is 1.31. The molecule has 106 valence electrons. The molecule has 1 nitrogen and oxygen atoms in total. The lowest BCUT2D eigenvalue weighted by molar-refractivity contribution is 0.130. The Morgan fingerprint density at radius 1 is 1.06 bits per heavy atom. The van der Waals surface area contributed by atoms with Crippen molar-refractivity contribution in [1.29, 1.82) is 0 Å². The van der Waals surface area contributed by atoms with Gasteiger partial charge in [0.25, 0.3) is 0 Å². The highest BCUT2D eigenvalue weighted by molar-refractivity contribution is 9.09. The van der Waals surface area contributed by atoms with Gasteiger partial charge in [-0.3, -0.25) is 0 Å². The van der Waals surface area contributed by atoms with Gasteiger partial charge in [-0.1, -0.05) is 49.0 Å². The maximum Gasteiger partial charge on any atom is 0.0116 e. The summed E-state index contributed by atoms with van der Waals surface area (Å²) in [5, 5.41) is 1.20. The molecular weight excluding hydrogens is 306 g/mol. The van der Waals surface area contributed by atoms with Crippen LogP contribution in [0.2, 0.25) is 0 Å². The highest BCUT2D eigenvalue weighted by Crippen LogP contribution is 2.39. The van der Waals surface area contributed by atoms with Gasteiger partial charge in [0.2, 0.25) is 0 Å². The standard InChI is InChI=1S/C15H28BrNS/c1-14(2)8-9-17(10-11-18-14)13-15(12-16)6-4-3-5-7-15/h3-13H2,1-2H3. The topological polar surface area (TPSA) is 3.24 Å². The Bertz CT molecular complexity index is 261. The Labute approximate surface area is 126 Å². The van der Waals surface area contributed by atoms with E-state index in [1.165, 1.54) is 69.2 Å². The van der Waals surface area contributed by atoms with Crippen molar-refractivity contribution >= 4 is 27.7 Å². The minimum Gasteiger partial charge on any atom is -0.302 e. The summed E-state index contributed by atoms with van der Waals surface area (Å²) in [6.07, 6.45) is 8.56. The average molecular weight is 334 g/mol. The lowest BCUT2D eigenvalue weighted by Crippen LogP contribution is -2.41. The van der Waals surface area contributed by atoms with E-state index in [1.54, 1.807) is 0 Å². The Kier molecular flexibility index (Phi) is 5.48. The monoisotopic (exact) mass is 333 g/mol. The summed E-state index contributed by atoms with van der Waals surface area (Å²) in [7, 11) is 0. The van der Waals surface area contributed by atoms with Gasteiger partial charge in [0, 0.05) is 28.9 Å². The van der Waals surface area contributed by atoms with Crippen LogP contribution in [0.5, 0.6) is 0 Å². The first-order valence-electron chi connectivity index (χ1n) is 7.48. The van der Waals surface area contributed by atoms with E-state index in [0.29, 0.717) is 10.2 Å². The number of nitrogens with zero attached hydrogens (tertiary/aromatic N) is 1. The minimum absolute atomic E-state index is 0.489. The molecule has 1 heterocycles. The van der Waals surface area contributed by atoms with Crippen LogP contribution in [0.15, 0.2) is 0 Å². The molecule has 1 saturated heterocycles. The summed E-state index contributed by atoms with van der Waals surface area (Å²) >= 11 is 5.97. The molecule has 1 aliphatic carbocycles. The summed E-state index contributed by atoms with van der Waals surface area (Å²) in [6, 6.07) is 0. The summed E-state index contributed by atoms with van der Waals surface area (Å²) < 4.78 is 0.489. The van der Waals surface area contributed by atoms with Gasteiger partial charge >= 0.3 is 0 Å². The molecule has 0 N–H and O–H groups in total. The molecule has 3 heteroatoms. The highest BCUT2D eigenvalue weighted by Gasteiger charge is 2.34. The van der Waals surface area contributed by atoms with Crippen molar-refractivity contribution in [1.82, 2.24) is 4.90 Å². The SMILES string of the molecule is CC1(C)CCN(CC2(CBr)CCCCC2)CCS1. The van der Waals surface area contributed by atoms with Crippen molar-refractivity contribution < 1.29 is 0 Å². The maximum atomic E-state index is 3.81. The lowest BCUT2D eigenvalue weighted by atomic mass is 9.75. The number of alkyl halides is 1. The van der Waals surface area contributed by atoms with Crippen molar-refractivity contribution in [3.8, 4) is 0 Å². The molecule has 0 aromatic rings. The fourth-order valence-electron chi connectivity index (χ4n) is 3.33. The number of halogens is 1. The van der Waals surface area contributed by atoms with E-state index in [0.717, 1.165) is 0 Å². The van der Waals surface area contributed by atoms with Crippen molar-refractivity contribution in [3.05, 3.63) is 0 Å². The largest absolute Gasteiger partial charge is 0.302 e. The van der Waals surface area contributed by atoms with Gasteiger partial charge in [-0.15, -0.1) is 0 Å². The van der Waals surface area contributed by atoms with E-state index in [-0.39, 0.29) is 0 Å². The van der Waals surface area contributed by atoms with Crippen molar-refractivity contribution in [2.24, 2.45) is 5.41 Å². The smallest absolute Gasteiger partial charge is 0.0116 e. The molecule has 0 spiro atoms. The van der Waals surface area contributed by atoms with Crippen LogP contribution in [-0.2, 0) is 0 Å². The molecule has 0 bridgehead atoms. The quantitative estimate of drug-likeness (QED) is 0.697. The fraction of sp³-hybridized carbons (Fsp3) is 1.00. The van der Waals surface area contributed by atoms with Crippen LogP contribution in [0.3, 0.4) is 0 Å². The molecule has 0 aromatic heterocycles. The number of rotatable bonds is 3. The van der Waals surface area contributed by atoms with Crippen LogP contribution in [0.1, 0.15) is 52.4 Å². The molecule has 2 fully saturated rings. The average Bonchev–Trinajstić information content (AvgIpc) is 2.52. The second kappa shape index (κ2) is 6.49. The molecule has 1 saturated carbocycles. The highest BCUT2D eigenvalue weighted by atomic mass is 79.9. The maximum absolute atomic E-state index is 3.81. The van der Waals surface area contributed by atoms with Crippen molar-refractivity contribution in [2.75, 3.05) is 30.7 Å². The fourth-order valence-corrected chi connectivity index (χ4v) is 5.21. The number of hydrogen-bond acceptors (Lipinski definition) is 2. The van der Waals surface area contributed by atoms with E-state index in [9.17, 15) is 0 Å². The Balaban J connectivity index is 1.91. The third-order valence-electron chi connectivity index (χ3n) is 4.69. The van der Waals surface area contributed by atoms with Gasteiger partial charge in [-0.05, 0) is 31.2 Å². The van der Waals surface area contributed by atoms with Gasteiger partial charge in [-0.2, -0.15) is 11.8 Å². The molecule has 0 radical (unpaired) electrons. The zero-order valence-corrected chi connectivity index (χ0v) is 14.4. The zero-order chi connectivity index (χ0) is 13.1. The molecule has 0 amide bonds. The van der Waals surface area contributed by atoms with Crippen LogP contribution >= 0.6 is 27.7 Å². The van der Waals surface area contributed by atoms with Gasteiger partial charge in [0.15, 0.2) is 0 Å². The summed E-state index contributed by atoms with van der Waals surface area (Å²) in [6.45, 7) is 8.73. The van der Waals surface area contributed by atoms with Gasteiger partial charge < -0.3 is 4.90 Å². The first-order chi connectivity index (χ1) is 8.55. The third-order valence-corrected chi connectivity index (χ3v) is 7.25. The van der Waals surface area contributed by atoms with Crippen molar-refractivity contribution in [3.63, 3.8) is 0 Å². The number of thioether (sulfide) groups is 1. The predicted molar refractivity (Wildman–Crippen MR) is 86.9 cm³/mol. The zero-order valence-electron chi connectivity index (χ0n) is 12.0. The van der Waals surface area contributed by atoms with E-state index in [4.69, 9.17) is 0 Å². The van der Waals surface area contributed by atoms with Crippen LogP contribution in [-0.4, -0.2) is 40.4 Å². The van der Waals surface area contributed by atoms with E-state index in [2.05, 4.69) is 46.4 Å². The normalized spacial score (nSPS) is 28.8. The van der Waals surface area contributed by atoms with Crippen LogP contribution in [0, 0.1) is 5.41 Å². The molecule has 2 aliphatic rings. The van der Waals surface area contributed by atoms with Crippen LogP contribution in [0.4, 0.5) is 0 Å². The molecule has 0 unspecified atom stereocenters. The second-order valence-corrected chi connectivity index (χ2v) is 9.19. The molecule has 0 aromatic carbocycles. The summed E-state index contributed by atoms with van der Waals surface area (Å²) in [5.41, 5.74) is 0.581. The predicted octanol–water partition coefficient (Wildman–Crippen LogP) is 4.55. The number of hydrogen-bond donors (Lipinski definition) is 0. The van der Waals surface area contributed by atoms with Gasteiger partial charge in [-0.25, -0.2) is 0 Å².